The third-order valence-electron chi connectivity index (χ3n) is 3.28. The van der Waals surface area contributed by atoms with Gasteiger partial charge in [0.1, 0.15) is 11.5 Å². The lowest BCUT2D eigenvalue weighted by atomic mass is 10.1. The van der Waals surface area contributed by atoms with Crippen molar-refractivity contribution in [3.8, 4) is 11.1 Å². The highest BCUT2D eigenvalue weighted by Crippen LogP contribution is 2.25. The predicted octanol–water partition coefficient (Wildman–Crippen LogP) is 2.71. The van der Waals surface area contributed by atoms with E-state index in [0.29, 0.717) is 17.2 Å². The van der Waals surface area contributed by atoms with Gasteiger partial charge in [0.2, 0.25) is 0 Å². The van der Waals surface area contributed by atoms with E-state index >= 15 is 0 Å². The molecule has 1 aromatic carbocycles. The van der Waals surface area contributed by atoms with Crippen molar-refractivity contribution in [2.45, 2.75) is 13.8 Å². The van der Waals surface area contributed by atoms with Gasteiger partial charge in [0.05, 0.1) is 5.69 Å². The highest BCUT2D eigenvalue weighted by molar-refractivity contribution is 5.90. The van der Waals surface area contributed by atoms with Crippen LogP contribution in [0.15, 0.2) is 36.5 Å². The van der Waals surface area contributed by atoms with E-state index in [1.165, 1.54) is 0 Å². The zero-order valence-electron chi connectivity index (χ0n) is 11.2. The predicted molar refractivity (Wildman–Crippen MR) is 74.9 cm³/mol. The monoisotopic (exact) mass is 267 g/mol. The fourth-order valence-electron chi connectivity index (χ4n) is 2.37. The molecule has 0 radical (unpaired) electrons. The van der Waals surface area contributed by atoms with Gasteiger partial charge in [0.15, 0.2) is 5.69 Å². The van der Waals surface area contributed by atoms with Crippen LogP contribution in [0.25, 0.3) is 16.8 Å². The van der Waals surface area contributed by atoms with Gasteiger partial charge in [-0.2, -0.15) is 0 Å². The van der Waals surface area contributed by atoms with Crippen molar-refractivity contribution in [1.29, 1.82) is 0 Å². The number of carbonyl (C=O) groups is 1. The van der Waals surface area contributed by atoms with Crippen molar-refractivity contribution in [3.05, 3.63) is 53.7 Å². The van der Waals surface area contributed by atoms with Gasteiger partial charge in [-0.1, -0.05) is 30.3 Å². The van der Waals surface area contributed by atoms with Crippen LogP contribution >= 0.6 is 0 Å². The third kappa shape index (κ3) is 1.75. The molecular weight excluding hydrogens is 254 g/mol. The Morgan fingerprint density at radius 3 is 2.55 bits per heavy atom. The third-order valence-corrected chi connectivity index (χ3v) is 3.28. The fraction of sp³-hybridized carbons (Fsp3) is 0.133. The average molecular weight is 267 g/mol. The minimum atomic E-state index is -0.995. The van der Waals surface area contributed by atoms with E-state index in [1.807, 2.05) is 30.3 Å². The minimum Gasteiger partial charge on any atom is -0.477 e. The van der Waals surface area contributed by atoms with Gasteiger partial charge in [-0.25, -0.2) is 14.8 Å². The Kier molecular flexibility index (Phi) is 2.75. The number of aromatic nitrogens is 3. The zero-order chi connectivity index (χ0) is 14.3. The Morgan fingerprint density at radius 2 is 1.90 bits per heavy atom. The molecule has 100 valence electrons. The lowest BCUT2D eigenvalue weighted by Gasteiger charge is -2.06. The summed E-state index contributed by atoms with van der Waals surface area (Å²) >= 11 is 0. The van der Waals surface area contributed by atoms with Crippen molar-refractivity contribution in [2.75, 3.05) is 0 Å². The molecule has 0 unspecified atom stereocenters. The Morgan fingerprint density at radius 1 is 1.20 bits per heavy atom. The molecule has 0 bridgehead atoms. The van der Waals surface area contributed by atoms with Crippen molar-refractivity contribution in [3.63, 3.8) is 0 Å². The van der Waals surface area contributed by atoms with Crippen LogP contribution < -0.4 is 0 Å². The molecule has 0 atom stereocenters. The van der Waals surface area contributed by atoms with Crippen molar-refractivity contribution >= 4 is 11.6 Å². The highest BCUT2D eigenvalue weighted by atomic mass is 16.4. The zero-order valence-corrected chi connectivity index (χ0v) is 11.2. The van der Waals surface area contributed by atoms with E-state index in [4.69, 9.17) is 0 Å². The molecule has 20 heavy (non-hydrogen) atoms. The second-order valence-corrected chi connectivity index (χ2v) is 4.60. The molecule has 0 saturated carbocycles. The number of aryl methyl sites for hydroxylation is 2. The van der Waals surface area contributed by atoms with Gasteiger partial charge < -0.3 is 5.11 Å². The second-order valence-electron chi connectivity index (χ2n) is 4.60. The average Bonchev–Trinajstić information content (AvgIpc) is 2.78. The molecule has 0 fully saturated rings. The van der Waals surface area contributed by atoms with Crippen LogP contribution in [0.1, 0.15) is 22.0 Å². The number of aromatic carboxylic acids is 1. The molecule has 3 rings (SSSR count). The van der Waals surface area contributed by atoms with Crippen LogP contribution in [0.5, 0.6) is 0 Å². The summed E-state index contributed by atoms with van der Waals surface area (Å²) in [5.41, 5.74) is 3.07. The summed E-state index contributed by atoms with van der Waals surface area (Å²) in [6.07, 6.45) is 1.73. The summed E-state index contributed by atoms with van der Waals surface area (Å²) in [5, 5.41) is 9.35. The van der Waals surface area contributed by atoms with Gasteiger partial charge in [0.25, 0.3) is 0 Å². The summed E-state index contributed by atoms with van der Waals surface area (Å²) in [5.74, 6) is -0.386. The maximum Gasteiger partial charge on any atom is 0.354 e. The van der Waals surface area contributed by atoms with E-state index in [1.54, 1.807) is 24.4 Å². The number of hydrogen-bond acceptors (Lipinski definition) is 3. The van der Waals surface area contributed by atoms with Crippen LogP contribution in [0.4, 0.5) is 0 Å². The molecule has 0 spiro atoms. The Labute approximate surface area is 115 Å². The first-order valence-corrected chi connectivity index (χ1v) is 6.23. The van der Waals surface area contributed by atoms with Crippen LogP contribution in [0.2, 0.25) is 0 Å². The number of imidazole rings is 1. The first-order valence-electron chi connectivity index (χ1n) is 6.23. The van der Waals surface area contributed by atoms with Gasteiger partial charge in [0, 0.05) is 11.8 Å². The van der Waals surface area contributed by atoms with Gasteiger partial charge in [-0.05, 0) is 19.4 Å². The molecule has 5 nitrogen and oxygen atoms in total. The maximum absolute atomic E-state index is 11.4. The van der Waals surface area contributed by atoms with Crippen molar-refractivity contribution < 1.29 is 9.90 Å². The van der Waals surface area contributed by atoms with Crippen molar-refractivity contribution in [1.82, 2.24) is 14.4 Å². The van der Waals surface area contributed by atoms with Crippen LogP contribution in [-0.4, -0.2) is 25.4 Å². The normalized spacial score (nSPS) is 10.9. The minimum absolute atomic E-state index is 0.169. The Hall–Kier alpha value is -2.69. The first kappa shape index (κ1) is 12.3. The largest absolute Gasteiger partial charge is 0.477 e. The Balaban J connectivity index is 2.40. The van der Waals surface area contributed by atoms with Crippen LogP contribution in [0, 0.1) is 13.8 Å². The number of carboxylic acids is 1. The second kappa shape index (κ2) is 4.45. The van der Waals surface area contributed by atoms with E-state index in [9.17, 15) is 9.90 Å². The van der Waals surface area contributed by atoms with E-state index < -0.39 is 5.97 Å². The van der Waals surface area contributed by atoms with E-state index in [-0.39, 0.29) is 5.69 Å². The lowest BCUT2D eigenvalue weighted by molar-refractivity contribution is 0.0688. The number of fused-ring (bicyclic) bond motifs is 1. The van der Waals surface area contributed by atoms with Gasteiger partial charge in [-0.3, -0.25) is 4.40 Å². The molecule has 2 aromatic heterocycles. The number of rotatable bonds is 2. The van der Waals surface area contributed by atoms with Crippen LogP contribution in [0.3, 0.4) is 0 Å². The SMILES string of the molecule is Cc1nc2c(-c3ccccc3)cnc(C)n2c1C(=O)O. The highest BCUT2D eigenvalue weighted by Gasteiger charge is 2.19. The number of carboxylic acid groups (broad SMARTS) is 1. The molecule has 2 heterocycles. The summed E-state index contributed by atoms with van der Waals surface area (Å²) in [7, 11) is 0. The van der Waals surface area contributed by atoms with Crippen LogP contribution in [-0.2, 0) is 0 Å². The number of hydrogen-bond donors (Lipinski definition) is 1. The summed E-state index contributed by atoms with van der Waals surface area (Å²) in [6, 6.07) is 9.70. The Bertz CT molecular complexity index is 807. The molecule has 1 N–H and O–H groups in total. The molecule has 0 aliphatic carbocycles. The molecule has 0 saturated heterocycles. The smallest absolute Gasteiger partial charge is 0.354 e. The first-order chi connectivity index (χ1) is 9.59. The number of nitrogens with zero attached hydrogens (tertiary/aromatic N) is 3. The summed E-state index contributed by atoms with van der Waals surface area (Å²) in [4.78, 5) is 20.1. The summed E-state index contributed by atoms with van der Waals surface area (Å²) in [6.45, 7) is 3.47. The molecular formula is C15H13N3O2. The summed E-state index contributed by atoms with van der Waals surface area (Å²) < 4.78 is 1.60. The van der Waals surface area contributed by atoms with E-state index in [0.717, 1.165) is 11.1 Å². The molecule has 3 aromatic rings. The molecule has 0 aliphatic heterocycles. The molecule has 0 aliphatic rings. The maximum atomic E-state index is 11.4. The fourth-order valence-corrected chi connectivity index (χ4v) is 2.37. The van der Waals surface area contributed by atoms with Gasteiger partial charge >= 0.3 is 5.97 Å². The topological polar surface area (TPSA) is 67.5 Å². The molecule has 0 amide bonds. The molecule has 5 heteroatoms. The number of benzene rings is 1. The standard InChI is InChI=1S/C15H13N3O2/c1-9-13(15(19)20)18-10(2)16-8-12(14(18)17-9)11-6-4-3-5-7-11/h3-8H,1-2H3,(H,19,20). The quantitative estimate of drug-likeness (QED) is 0.775. The van der Waals surface area contributed by atoms with Crippen molar-refractivity contribution in [2.24, 2.45) is 0 Å². The lowest BCUT2D eigenvalue weighted by Crippen LogP contribution is -2.07. The van der Waals surface area contributed by atoms with Gasteiger partial charge in [-0.15, -0.1) is 0 Å². The van der Waals surface area contributed by atoms with E-state index in [2.05, 4.69) is 9.97 Å².